The third kappa shape index (κ3) is 2.93. The van der Waals surface area contributed by atoms with Gasteiger partial charge < -0.3 is 13.7 Å². The Bertz CT molecular complexity index is 786. The number of ether oxygens (including phenoxy) is 1. The highest BCUT2D eigenvalue weighted by molar-refractivity contribution is 5.90. The summed E-state index contributed by atoms with van der Waals surface area (Å²) in [5, 5.41) is 3.91. The minimum absolute atomic E-state index is 0.0544. The van der Waals surface area contributed by atoms with Gasteiger partial charge in [-0.3, -0.25) is 0 Å². The van der Waals surface area contributed by atoms with Crippen LogP contribution in [0.1, 0.15) is 27.6 Å². The molecule has 2 heterocycles. The molecule has 0 aliphatic carbocycles. The first kappa shape index (κ1) is 14.1. The van der Waals surface area contributed by atoms with E-state index in [2.05, 4.69) is 5.16 Å². The highest BCUT2D eigenvalue weighted by Crippen LogP contribution is 2.20. The first-order valence-corrected chi connectivity index (χ1v) is 6.88. The Morgan fingerprint density at radius 2 is 1.95 bits per heavy atom. The summed E-state index contributed by atoms with van der Waals surface area (Å²) in [4.78, 5) is 12.0. The van der Waals surface area contributed by atoms with Crippen LogP contribution in [0.25, 0.3) is 11.3 Å². The fourth-order valence-corrected chi connectivity index (χ4v) is 2.17. The molecule has 112 valence electrons. The Balaban J connectivity index is 1.66. The van der Waals surface area contributed by atoms with Crippen LogP contribution in [-0.2, 0) is 11.3 Å². The molecule has 3 rings (SSSR count). The van der Waals surface area contributed by atoms with E-state index in [-0.39, 0.29) is 6.61 Å². The van der Waals surface area contributed by atoms with Gasteiger partial charge >= 0.3 is 5.97 Å². The maximum Gasteiger partial charge on any atom is 0.342 e. The molecule has 0 fully saturated rings. The Hall–Kier alpha value is -2.82. The average molecular weight is 297 g/mol. The second-order valence-corrected chi connectivity index (χ2v) is 4.95. The molecule has 0 radical (unpaired) electrons. The summed E-state index contributed by atoms with van der Waals surface area (Å²) in [6.45, 7) is 3.57. The molecule has 0 saturated heterocycles. The number of furan rings is 1. The van der Waals surface area contributed by atoms with Crippen molar-refractivity contribution in [3.63, 3.8) is 0 Å². The lowest BCUT2D eigenvalue weighted by molar-refractivity contribution is 0.0462. The summed E-state index contributed by atoms with van der Waals surface area (Å²) in [5.41, 5.74) is 1.92. The van der Waals surface area contributed by atoms with Gasteiger partial charge in [-0.15, -0.1) is 0 Å². The van der Waals surface area contributed by atoms with E-state index in [1.165, 1.54) is 0 Å². The Labute approximate surface area is 127 Å². The van der Waals surface area contributed by atoms with Crippen LogP contribution in [0.3, 0.4) is 0 Å². The molecular formula is C17H15NO4. The molecule has 5 nitrogen and oxygen atoms in total. The van der Waals surface area contributed by atoms with E-state index in [0.29, 0.717) is 28.5 Å². The second-order valence-electron chi connectivity index (χ2n) is 4.95. The number of esters is 1. The van der Waals surface area contributed by atoms with Crippen LogP contribution in [0.5, 0.6) is 0 Å². The average Bonchev–Trinajstić information content (AvgIpc) is 3.12. The van der Waals surface area contributed by atoms with Crippen molar-refractivity contribution in [3.8, 4) is 11.3 Å². The fraction of sp³-hybridized carbons (Fsp3) is 0.176. The molecule has 0 saturated carbocycles. The first-order chi connectivity index (χ1) is 10.6. The molecule has 3 aromatic rings. The largest absolute Gasteiger partial charge is 0.466 e. The molecule has 0 spiro atoms. The van der Waals surface area contributed by atoms with Crippen molar-refractivity contribution in [2.45, 2.75) is 20.5 Å². The molecule has 0 N–H and O–H groups in total. The van der Waals surface area contributed by atoms with Crippen molar-refractivity contribution < 1.29 is 18.5 Å². The van der Waals surface area contributed by atoms with Gasteiger partial charge in [0.25, 0.3) is 0 Å². The number of carbonyl (C=O) groups excluding carboxylic acids is 1. The molecule has 5 heteroatoms. The van der Waals surface area contributed by atoms with E-state index < -0.39 is 5.97 Å². The maximum atomic E-state index is 12.0. The van der Waals surface area contributed by atoms with Gasteiger partial charge in [-0.25, -0.2) is 4.79 Å². The number of aryl methyl sites for hydroxylation is 2. The number of rotatable bonds is 4. The molecule has 0 aliphatic rings. The predicted molar refractivity (Wildman–Crippen MR) is 79.2 cm³/mol. The molecule has 1 aromatic carbocycles. The van der Waals surface area contributed by atoms with Gasteiger partial charge in [0.2, 0.25) is 0 Å². The van der Waals surface area contributed by atoms with Gasteiger partial charge in [-0.1, -0.05) is 35.5 Å². The van der Waals surface area contributed by atoms with Gasteiger partial charge in [0.05, 0.1) is 0 Å². The van der Waals surface area contributed by atoms with Gasteiger partial charge in [0.15, 0.2) is 5.76 Å². The molecule has 2 aromatic heterocycles. The standard InChI is InChI=1S/C17H15NO4/c1-11-8-15(12(2)21-11)17(19)20-10-14-9-16(22-18-14)13-6-4-3-5-7-13/h3-9H,10H2,1-2H3. The van der Waals surface area contributed by atoms with Crippen LogP contribution >= 0.6 is 0 Å². The number of carbonyl (C=O) groups is 1. The second kappa shape index (κ2) is 5.89. The van der Waals surface area contributed by atoms with Crippen LogP contribution in [0.4, 0.5) is 0 Å². The van der Waals surface area contributed by atoms with Crippen molar-refractivity contribution >= 4 is 5.97 Å². The highest BCUT2D eigenvalue weighted by Gasteiger charge is 2.16. The maximum absolute atomic E-state index is 12.0. The van der Waals surface area contributed by atoms with Crippen LogP contribution < -0.4 is 0 Å². The van der Waals surface area contributed by atoms with E-state index >= 15 is 0 Å². The van der Waals surface area contributed by atoms with E-state index in [0.717, 1.165) is 5.56 Å². The number of nitrogens with zero attached hydrogens (tertiary/aromatic N) is 1. The number of hydrogen-bond donors (Lipinski definition) is 0. The van der Waals surface area contributed by atoms with Crippen molar-refractivity contribution in [2.75, 3.05) is 0 Å². The molecule has 0 amide bonds. The fourth-order valence-electron chi connectivity index (χ4n) is 2.17. The SMILES string of the molecule is Cc1cc(C(=O)OCc2cc(-c3ccccc3)on2)c(C)o1. The van der Waals surface area contributed by atoms with Crippen molar-refractivity contribution in [1.82, 2.24) is 5.16 Å². The lowest BCUT2D eigenvalue weighted by Gasteiger charge is -2.00. The lowest BCUT2D eigenvalue weighted by Crippen LogP contribution is -2.05. The van der Waals surface area contributed by atoms with Crippen LogP contribution in [0, 0.1) is 13.8 Å². The monoisotopic (exact) mass is 297 g/mol. The summed E-state index contributed by atoms with van der Waals surface area (Å²) < 4.78 is 15.8. The summed E-state index contributed by atoms with van der Waals surface area (Å²) in [6, 6.07) is 13.0. The van der Waals surface area contributed by atoms with E-state index in [1.54, 1.807) is 26.0 Å². The summed E-state index contributed by atoms with van der Waals surface area (Å²) in [5.74, 6) is 1.44. The summed E-state index contributed by atoms with van der Waals surface area (Å²) in [6.07, 6.45) is 0. The van der Waals surface area contributed by atoms with Gasteiger partial charge in [-0.2, -0.15) is 0 Å². The topological polar surface area (TPSA) is 65.5 Å². The first-order valence-electron chi connectivity index (χ1n) is 6.88. The number of aromatic nitrogens is 1. The zero-order valence-electron chi connectivity index (χ0n) is 12.3. The van der Waals surface area contributed by atoms with Crippen LogP contribution in [0.15, 0.2) is 51.4 Å². The van der Waals surface area contributed by atoms with Gasteiger partial charge in [-0.05, 0) is 19.9 Å². The van der Waals surface area contributed by atoms with Gasteiger partial charge in [0, 0.05) is 11.6 Å². The number of benzene rings is 1. The van der Waals surface area contributed by atoms with E-state index in [4.69, 9.17) is 13.7 Å². The third-order valence-corrected chi connectivity index (χ3v) is 3.23. The molecule has 22 heavy (non-hydrogen) atoms. The number of hydrogen-bond acceptors (Lipinski definition) is 5. The molecular weight excluding hydrogens is 282 g/mol. The minimum Gasteiger partial charge on any atom is -0.466 e. The minimum atomic E-state index is -0.432. The molecule has 0 aliphatic heterocycles. The zero-order valence-corrected chi connectivity index (χ0v) is 12.3. The Kier molecular flexibility index (Phi) is 3.78. The van der Waals surface area contributed by atoms with E-state index in [9.17, 15) is 4.79 Å². The Morgan fingerprint density at radius 3 is 2.64 bits per heavy atom. The summed E-state index contributed by atoms with van der Waals surface area (Å²) in [7, 11) is 0. The predicted octanol–water partition coefficient (Wildman–Crippen LogP) is 3.91. The van der Waals surface area contributed by atoms with Crippen LogP contribution in [-0.4, -0.2) is 11.1 Å². The molecule has 0 atom stereocenters. The quantitative estimate of drug-likeness (QED) is 0.683. The van der Waals surface area contributed by atoms with Crippen molar-refractivity contribution in [2.24, 2.45) is 0 Å². The van der Waals surface area contributed by atoms with Crippen LogP contribution in [0.2, 0.25) is 0 Å². The van der Waals surface area contributed by atoms with Crippen molar-refractivity contribution in [3.05, 3.63) is 65.2 Å². The summed E-state index contributed by atoms with van der Waals surface area (Å²) >= 11 is 0. The molecule has 0 bridgehead atoms. The normalized spacial score (nSPS) is 10.6. The molecule has 0 unspecified atom stereocenters. The zero-order chi connectivity index (χ0) is 15.5. The van der Waals surface area contributed by atoms with E-state index in [1.807, 2.05) is 30.3 Å². The highest BCUT2D eigenvalue weighted by atomic mass is 16.5. The third-order valence-electron chi connectivity index (χ3n) is 3.23. The van der Waals surface area contributed by atoms with Gasteiger partial charge in [0.1, 0.15) is 29.4 Å². The lowest BCUT2D eigenvalue weighted by atomic mass is 10.2. The van der Waals surface area contributed by atoms with Crippen molar-refractivity contribution in [1.29, 1.82) is 0 Å². The smallest absolute Gasteiger partial charge is 0.342 e. The Morgan fingerprint density at radius 1 is 1.18 bits per heavy atom.